The largest absolute Gasteiger partial charge is 0.496 e. The van der Waals surface area contributed by atoms with Crippen molar-refractivity contribution in [3.05, 3.63) is 23.8 Å². The van der Waals surface area contributed by atoms with E-state index >= 15 is 0 Å². The van der Waals surface area contributed by atoms with Crippen LogP contribution in [0.15, 0.2) is 18.2 Å². The van der Waals surface area contributed by atoms with Gasteiger partial charge >= 0.3 is 0 Å². The van der Waals surface area contributed by atoms with Gasteiger partial charge in [0.25, 0.3) is 0 Å². The summed E-state index contributed by atoms with van der Waals surface area (Å²) >= 11 is 0. The van der Waals surface area contributed by atoms with Gasteiger partial charge in [0.15, 0.2) is 0 Å². The van der Waals surface area contributed by atoms with Crippen molar-refractivity contribution in [1.82, 2.24) is 9.88 Å². The van der Waals surface area contributed by atoms with Crippen molar-refractivity contribution in [2.75, 3.05) is 39.2 Å². The molecule has 0 unspecified atom stereocenters. The number of piperidine rings is 1. The Hall–Kier alpha value is -2.54. The number of nitrogens with zero attached hydrogens (tertiary/aromatic N) is 2. The molecule has 0 bridgehead atoms. The molecule has 0 aliphatic carbocycles. The minimum atomic E-state index is -0.274. The Morgan fingerprint density at radius 2 is 1.92 bits per heavy atom. The van der Waals surface area contributed by atoms with Crippen molar-refractivity contribution < 1.29 is 14.3 Å². The third kappa shape index (κ3) is 3.83. The molecule has 1 aromatic heterocycles. The third-order valence-corrected chi connectivity index (χ3v) is 4.84. The first kappa shape index (κ1) is 18.3. The first-order valence-corrected chi connectivity index (χ1v) is 8.81. The van der Waals surface area contributed by atoms with Crippen LogP contribution in [0.1, 0.15) is 18.4 Å². The first-order chi connectivity index (χ1) is 12.5. The fourth-order valence-corrected chi connectivity index (χ4v) is 3.55. The molecule has 2 aromatic rings. The third-order valence-electron chi connectivity index (χ3n) is 4.84. The highest BCUT2D eigenvalue weighted by Gasteiger charge is 2.21. The first-order valence-electron chi connectivity index (χ1n) is 8.81. The predicted octanol–water partition coefficient (Wildman–Crippen LogP) is 1.92. The smallest absolute Gasteiger partial charge is 0.231 e. The molecule has 1 saturated heterocycles. The standard InChI is InChI=1S/C19H26N4O3/c1-12-10-17(21-13-6-8-23(9-7-13)11-16(20)24)22-19-15(26-3)5-4-14(25-2)18(12)19/h4-5,10,13H,6-9,11H2,1-3H3,(H2,20,24)(H,21,22). The van der Waals surface area contributed by atoms with Crippen molar-refractivity contribution in [3.8, 4) is 11.5 Å². The summed E-state index contributed by atoms with van der Waals surface area (Å²) in [5, 5.41) is 4.49. The number of carbonyl (C=O) groups excluding carboxylic acids is 1. The van der Waals surface area contributed by atoms with Crippen molar-refractivity contribution in [1.29, 1.82) is 0 Å². The average molecular weight is 358 g/mol. The van der Waals surface area contributed by atoms with E-state index in [-0.39, 0.29) is 5.91 Å². The molecular formula is C19H26N4O3. The van der Waals surface area contributed by atoms with Crippen LogP contribution in [0.5, 0.6) is 11.5 Å². The van der Waals surface area contributed by atoms with Gasteiger partial charge in [-0.3, -0.25) is 9.69 Å². The van der Waals surface area contributed by atoms with E-state index in [9.17, 15) is 4.79 Å². The van der Waals surface area contributed by atoms with Crippen LogP contribution in [0.4, 0.5) is 5.82 Å². The number of amides is 1. The number of methoxy groups -OCH3 is 2. The Morgan fingerprint density at radius 1 is 1.27 bits per heavy atom. The van der Waals surface area contributed by atoms with Gasteiger partial charge in [0.2, 0.25) is 5.91 Å². The number of anilines is 1. The van der Waals surface area contributed by atoms with Gasteiger partial charge in [-0.1, -0.05) is 0 Å². The van der Waals surface area contributed by atoms with Crippen molar-refractivity contribution in [3.63, 3.8) is 0 Å². The second-order valence-corrected chi connectivity index (χ2v) is 6.68. The maximum Gasteiger partial charge on any atom is 0.231 e. The number of aryl methyl sites for hydroxylation is 1. The minimum Gasteiger partial charge on any atom is -0.496 e. The lowest BCUT2D eigenvalue weighted by Gasteiger charge is -2.31. The Morgan fingerprint density at radius 3 is 2.54 bits per heavy atom. The van der Waals surface area contributed by atoms with Crippen LogP contribution in [0.2, 0.25) is 0 Å². The second kappa shape index (κ2) is 7.78. The number of primary amides is 1. The van der Waals surface area contributed by atoms with Crippen LogP contribution in [0, 0.1) is 6.92 Å². The molecule has 2 heterocycles. The molecule has 3 N–H and O–H groups in total. The van der Waals surface area contributed by atoms with Gasteiger partial charge in [0, 0.05) is 24.5 Å². The van der Waals surface area contributed by atoms with Gasteiger partial charge in [-0.15, -0.1) is 0 Å². The van der Waals surface area contributed by atoms with Gasteiger partial charge in [-0.25, -0.2) is 4.98 Å². The van der Waals surface area contributed by atoms with Crippen molar-refractivity contribution in [2.24, 2.45) is 5.73 Å². The molecule has 1 amide bonds. The van der Waals surface area contributed by atoms with Crippen molar-refractivity contribution in [2.45, 2.75) is 25.8 Å². The number of fused-ring (bicyclic) bond motifs is 1. The summed E-state index contributed by atoms with van der Waals surface area (Å²) in [6.07, 6.45) is 1.89. The molecule has 3 rings (SSSR count). The predicted molar refractivity (Wildman–Crippen MR) is 102 cm³/mol. The summed E-state index contributed by atoms with van der Waals surface area (Å²) in [6.45, 7) is 4.08. The molecule has 0 atom stereocenters. The highest BCUT2D eigenvalue weighted by molar-refractivity contribution is 5.94. The fourth-order valence-electron chi connectivity index (χ4n) is 3.55. The summed E-state index contributed by atoms with van der Waals surface area (Å²) in [6, 6.07) is 6.14. The average Bonchev–Trinajstić information content (AvgIpc) is 2.62. The Kier molecular flexibility index (Phi) is 5.46. The Bertz CT molecular complexity index is 801. The van der Waals surface area contributed by atoms with Crippen LogP contribution in [-0.4, -0.2) is 55.7 Å². The van der Waals surface area contributed by atoms with E-state index in [0.29, 0.717) is 12.6 Å². The van der Waals surface area contributed by atoms with E-state index in [1.165, 1.54) is 0 Å². The molecule has 1 aliphatic heterocycles. The van der Waals surface area contributed by atoms with Gasteiger partial charge < -0.3 is 20.5 Å². The quantitative estimate of drug-likeness (QED) is 0.820. The summed E-state index contributed by atoms with van der Waals surface area (Å²) < 4.78 is 11.0. The van der Waals surface area contributed by atoms with Crippen LogP contribution in [0.25, 0.3) is 10.9 Å². The van der Waals surface area contributed by atoms with Crippen LogP contribution in [-0.2, 0) is 4.79 Å². The number of hydrogen-bond acceptors (Lipinski definition) is 6. The molecule has 1 aliphatic rings. The monoisotopic (exact) mass is 358 g/mol. The maximum absolute atomic E-state index is 11.0. The zero-order valence-electron chi connectivity index (χ0n) is 15.5. The van der Waals surface area contributed by atoms with E-state index in [1.54, 1.807) is 14.2 Å². The summed E-state index contributed by atoms with van der Waals surface area (Å²) in [4.78, 5) is 17.9. The molecule has 26 heavy (non-hydrogen) atoms. The van der Waals surface area contributed by atoms with Gasteiger partial charge in [-0.05, 0) is 43.5 Å². The number of ether oxygens (including phenoxy) is 2. The van der Waals surface area contributed by atoms with Crippen LogP contribution < -0.4 is 20.5 Å². The number of rotatable bonds is 6. The van der Waals surface area contributed by atoms with Crippen LogP contribution >= 0.6 is 0 Å². The normalized spacial score (nSPS) is 15.8. The van der Waals surface area contributed by atoms with Gasteiger partial charge in [0.05, 0.1) is 20.8 Å². The molecule has 0 saturated carbocycles. The molecule has 7 nitrogen and oxygen atoms in total. The summed E-state index contributed by atoms with van der Waals surface area (Å²) in [5.74, 6) is 2.07. The molecule has 1 aromatic carbocycles. The number of pyridine rings is 1. The summed E-state index contributed by atoms with van der Waals surface area (Å²) in [7, 11) is 3.31. The number of likely N-dealkylation sites (tertiary alicyclic amines) is 1. The molecular weight excluding hydrogens is 332 g/mol. The van der Waals surface area contributed by atoms with E-state index in [0.717, 1.165) is 59.7 Å². The topological polar surface area (TPSA) is 89.7 Å². The maximum atomic E-state index is 11.0. The number of nitrogens with one attached hydrogen (secondary N) is 1. The molecule has 0 spiro atoms. The number of nitrogens with two attached hydrogens (primary N) is 1. The fraction of sp³-hybridized carbons (Fsp3) is 0.474. The Labute approximate surface area is 153 Å². The second-order valence-electron chi connectivity index (χ2n) is 6.68. The number of benzene rings is 1. The lowest BCUT2D eigenvalue weighted by molar-refractivity contribution is -0.119. The van der Waals surface area contributed by atoms with Gasteiger partial charge in [0.1, 0.15) is 22.8 Å². The number of carbonyl (C=O) groups is 1. The SMILES string of the molecule is COc1ccc(OC)c2c(C)cc(NC3CCN(CC(N)=O)CC3)nc12. The Balaban J connectivity index is 1.80. The molecule has 7 heteroatoms. The van der Waals surface area contributed by atoms with E-state index in [2.05, 4.69) is 10.2 Å². The van der Waals surface area contributed by atoms with E-state index in [1.807, 2.05) is 25.1 Å². The zero-order chi connectivity index (χ0) is 18.7. The minimum absolute atomic E-state index is 0.274. The lowest BCUT2D eigenvalue weighted by Crippen LogP contribution is -2.43. The number of hydrogen-bond donors (Lipinski definition) is 2. The zero-order valence-corrected chi connectivity index (χ0v) is 15.5. The van der Waals surface area contributed by atoms with Crippen molar-refractivity contribution >= 4 is 22.6 Å². The summed E-state index contributed by atoms with van der Waals surface area (Å²) in [5.41, 5.74) is 7.15. The molecule has 1 fully saturated rings. The molecule has 0 radical (unpaired) electrons. The number of aromatic nitrogens is 1. The highest BCUT2D eigenvalue weighted by Crippen LogP contribution is 2.35. The molecule has 140 valence electrons. The lowest BCUT2D eigenvalue weighted by atomic mass is 10.0. The van der Waals surface area contributed by atoms with Gasteiger partial charge in [-0.2, -0.15) is 0 Å². The van der Waals surface area contributed by atoms with E-state index in [4.69, 9.17) is 20.2 Å². The van der Waals surface area contributed by atoms with Crippen LogP contribution in [0.3, 0.4) is 0 Å². The highest BCUT2D eigenvalue weighted by atomic mass is 16.5. The van der Waals surface area contributed by atoms with E-state index < -0.39 is 0 Å².